The molecule has 0 heterocycles. The summed E-state index contributed by atoms with van der Waals surface area (Å²) in [6, 6.07) is 4.59. The van der Waals surface area contributed by atoms with Crippen LogP contribution in [0.2, 0.25) is 5.02 Å². The maximum atomic E-state index is 10.7. The van der Waals surface area contributed by atoms with E-state index in [1.165, 1.54) is 12.1 Å². The average Bonchev–Trinajstić information content (AvgIpc) is 1.94. The summed E-state index contributed by atoms with van der Waals surface area (Å²) in [5.74, 6) is -0.00106. The molecule has 1 aromatic rings. The zero-order valence-corrected chi connectivity index (χ0v) is 7.45. The van der Waals surface area contributed by atoms with Gasteiger partial charge in [0.15, 0.2) is 5.75 Å². The van der Waals surface area contributed by atoms with Crippen LogP contribution < -0.4 is 0 Å². The highest BCUT2D eigenvalue weighted by atomic mass is 79.9. The van der Waals surface area contributed by atoms with E-state index in [1.54, 1.807) is 6.07 Å². The Balaban J connectivity index is 3.09. The standard InChI is InChI=1S/C7H5BrClO/c8-4-5-3-6(10)1-2-7(5)9/h1-3H,4H2. The van der Waals surface area contributed by atoms with E-state index >= 15 is 0 Å². The van der Waals surface area contributed by atoms with Gasteiger partial charge in [0.05, 0.1) is 0 Å². The zero-order chi connectivity index (χ0) is 7.56. The molecule has 0 aliphatic heterocycles. The van der Waals surface area contributed by atoms with Crippen molar-refractivity contribution in [2.24, 2.45) is 0 Å². The Hall–Kier alpha value is -0.210. The van der Waals surface area contributed by atoms with Crippen molar-refractivity contribution < 1.29 is 5.11 Å². The van der Waals surface area contributed by atoms with Crippen LogP contribution in [0.4, 0.5) is 0 Å². The molecule has 3 heteroatoms. The van der Waals surface area contributed by atoms with Gasteiger partial charge in [0.2, 0.25) is 0 Å². The van der Waals surface area contributed by atoms with Gasteiger partial charge in [-0.1, -0.05) is 27.5 Å². The van der Waals surface area contributed by atoms with Crippen molar-refractivity contribution in [1.82, 2.24) is 0 Å². The molecule has 53 valence electrons. The fourth-order valence-electron chi connectivity index (χ4n) is 0.654. The van der Waals surface area contributed by atoms with E-state index in [0.717, 1.165) is 5.56 Å². The minimum Gasteiger partial charge on any atom is -0.290 e. The Bertz CT molecular complexity index is 237. The van der Waals surface area contributed by atoms with Crippen molar-refractivity contribution in [1.29, 1.82) is 0 Å². The van der Waals surface area contributed by atoms with Crippen LogP contribution in [0.25, 0.3) is 0 Å². The van der Waals surface area contributed by atoms with Crippen molar-refractivity contribution in [2.45, 2.75) is 5.33 Å². The molecule has 0 saturated carbocycles. The summed E-state index contributed by atoms with van der Waals surface area (Å²) in [5, 5.41) is 12.0. The van der Waals surface area contributed by atoms with E-state index in [-0.39, 0.29) is 5.75 Å². The Morgan fingerprint density at radius 2 is 2.20 bits per heavy atom. The highest BCUT2D eigenvalue weighted by Crippen LogP contribution is 2.23. The third-order valence-electron chi connectivity index (χ3n) is 1.16. The van der Waals surface area contributed by atoms with Crippen molar-refractivity contribution in [3.8, 4) is 5.75 Å². The SMILES string of the molecule is [O]c1ccc(Cl)c(CBr)c1. The van der Waals surface area contributed by atoms with E-state index < -0.39 is 0 Å². The van der Waals surface area contributed by atoms with E-state index in [0.29, 0.717) is 10.4 Å². The van der Waals surface area contributed by atoms with Crippen LogP contribution in [0.1, 0.15) is 5.56 Å². The van der Waals surface area contributed by atoms with Gasteiger partial charge in [0, 0.05) is 10.4 Å². The molecule has 0 amide bonds. The molecule has 0 atom stereocenters. The van der Waals surface area contributed by atoms with Gasteiger partial charge < -0.3 is 0 Å². The Morgan fingerprint density at radius 3 is 2.70 bits per heavy atom. The summed E-state index contributed by atoms with van der Waals surface area (Å²) in [4.78, 5) is 0. The van der Waals surface area contributed by atoms with Crippen LogP contribution in [-0.2, 0) is 10.4 Å². The number of hydrogen-bond donors (Lipinski definition) is 0. The Morgan fingerprint density at radius 1 is 1.50 bits per heavy atom. The van der Waals surface area contributed by atoms with Gasteiger partial charge in [-0.05, 0) is 23.8 Å². The lowest BCUT2D eigenvalue weighted by molar-refractivity contribution is 0.354. The van der Waals surface area contributed by atoms with Crippen molar-refractivity contribution in [3.63, 3.8) is 0 Å². The van der Waals surface area contributed by atoms with Gasteiger partial charge >= 0.3 is 0 Å². The van der Waals surface area contributed by atoms with E-state index in [2.05, 4.69) is 15.9 Å². The molecule has 0 aliphatic rings. The largest absolute Gasteiger partial charge is 0.290 e. The second kappa shape index (κ2) is 3.26. The number of alkyl halides is 1. The van der Waals surface area contributed by atoms with Gasteiger partial charge in [-0.15, -0.1) is 0 Å². The summed E-state index contributed by atoms with van der Waals surface area (Å²) < 4.78 is 0. The second-order valence-corrected chi connectivity index (χ2v) is 2.85. The molecule has 0 unspecified atom stereocenters. The van der Waals surface area contributed by atoms with Gasteiger partial charge in [0.1, 0.15) is 0 Å². The predicted molar refractivity (Wildman–Crippen MR) is 44.2 cm³/mol. The topological polar surface area (TPSA) is 19.9 Å². The Labute approximate surface area is 72.8 Å². The van der Waals surface area contributed by atoms with E-state index in [4.69, 9.17) is 11.6 Å². The Kier molecular flexibility index (Phi) is 2.57. The molecule has 1 radical (unpaired) electrons. The summed E-state index contributed by atoms with van der Waals surface area (Å²) in [6.45, 7) is 0. The quantitative estimate of drug-likeness (QED) is 0.647. The zero-order valence-electron chi connectivity index (χ0n) is 5.10. The third kappa shape index (κ3) is 1.64. The number of hydrogen-bond acceptors (Lipinski definition) is 0. The van der Waals surface area contributed by atoms with Gasteiger partial charge in [-0.2, -0.15) is 0 Å². The predicted octanol–water partition coefficient (Wildman–Crippen LogP) is 3.38. The van der Waals surface area contributed by atoms with Crippen LogP contribution in [0.5, 0.6) is 5.75 Å². The van der Waals surface area contributed by atoms with Crippen molar-refractivity contribution in [3.05, 3.63) is 28.8 Å². The maximum Gasteiger partial charge on any atom is 0.179 e. The number of rotatable bonds is 1. The molecular weight excluding hydrogens is 215 g/mol. The smallest absolute Gasteiger partial charge is 0.179 e. The molecular formula is C7H5BrClO. The highest BCUT2D eigenvalue weighted by Gasteiger charge is 1.99. The summed E-state index contributed by atoms with van der Waals surface area (Å²) in [7, 11) is 0. The van der Waals surface area contributed by atoms with E-state index in [1.807, 2.05) is 0 Å². The lowest BCUT2D eigenvalue weighted by Gasteiger charge is -1.96. The fourth-order valence-corrected chi connectivity index (χ4v) is 1.46. The van der Waals surface area contributed by atoms with Crippen molar-refractivity contribution >= 4 is 27.5 Å². The maximum absolute atomic E-state index is 10.7. The first kappa shape index (κ1) is 7.89. The van der Waals surface area contributed by atoms with Crippen LogP contribution in [0.15, 0.2) is 18.2 Å². The summed E-state index contributed by atoms with van der Waals surface area (Å²) in [5.41, 5.74) is 0.842. The molecule has 0 aromatic heterocycles. The fraction of sp³-hybridized carbons (Fsp3) is 0.143. The molecule has 0 N–H and O–H groups in total. The lowest BCUT2D eigenvalue weighted by Crippen LogP contribution is -1.77. The molecule has 1 aromatic carbocycles. The minimum atomic E-state index is -0.00106. The van der Waals surface area contributed by atoms with Crippen LogP contribution >= 0.6 is 27.5 Å². The van der Waals surface area contributed by atoms with Crippen LogP contribution in [0.3, 0.4) is 0 Å². The molecule has 0 bridgehead atoms. The minimum absolute atomic E-state index is 0.00106. The highest BCUT2D eigenvalue weighted by molar-refractivity contribution is 9.08. The van der Waals surface area contributed by atoms with E-state index in [9.17, 15) is 5.11 Å². The number of benzene rings is 1. The third-order valence-corrected chi connectivity index (χ3v) is 2.13. The lowest BCUT2D eigenvalue weighted by atomic mass is 10.2. The molecule has 1 rings (SSSR count). The van der Waals surface area contributed by atoms with Gasteiger partial charge in [-0.3, -0.25) is 5.11 Å². The first-order valence-electron chi connectivity index (χ1n) is 2.75. The molecule has 10 heavy (non-hydrogen) atoms. The molecule has 1 nitrogen and oxygen atoms in total. The molecule has 0 spiro atoms. The molecule has 0 saturated heterocycles. The molecule has 0 fully saturated rings. The monoisotopic (exact) mass is 219 g/mol. The second-order valence-electron chi connectivity index (χ2n) is 1.89. The first-order valence-corrected chi connectivity index (χ1v) is 4.25. The van der Waals surface area contributed by atoms with Crippen LogP contribution in [-0.4, -0.2) is 0 Å². The number of halogens is 2. The van der Waals surface area contributed by atoms with Gasteiger partial charge in [0.25, 0.3) is 0 Å². The van der Waals surface area contributed by atoms with Gasteiger partial charge in [-0.25, -0.2) is 0 Å². The van der Waals surface area contributed by atoms with Crippen molar-refractivity contribution in [2.75, 3.05) is 0 Å². The molecule has 0 aliphatic carbocycles. The summed E-state index contributed by atoms with van der Waals surface area (Å²) in [6.07, 6.45) is 0. The normalized spacial score (nSPS) is 9.80. The average molecular weight is 220 g/mol. The first-order chi connectivity index (χ1) is 4.74. The van der Waals surface area contributed by atoms with Crippen LogP contribution in [0, 0.1) is 0 Å². The summed E-state index contributed by atoms with van der Waals surface area (Å²) >= 11 is 8.95.